The SMILES string of the molecule is FC(F)(F)c1c[c]cc(Br)c1Oc1ccc2[nH]cc(C3CC3)c2c1. The smallest absolute Gasteiger partial charge is 0.420 e. The molecule has 1 fully saturated rings. The second-order valence-corrected chi connectivity index (χ2v) is 6.73. The Bertz CT molecular complexity index is 912. The molecule has 0 unspecified atom stereocenters. The van der Waals surface area contributed by atoms with Crippen LogP contribution in [0.15, 0.2) is 41.0 Å². The lowest BCUT2D eigenvalue weighted by atomic mass is 10.1. The minimum Gasteiger partial charge on any atom is -0.456 e. The van der Waals surface area contributed by atoms with Gasteiger partial charge in [0.25, 0.3) is 0 Å². The molecular formula is C18H12BrF3NO. The highest BCUT2D eigenvalue weighted by molar-refractivity contribution is 9.10. The van der Waals surface area contributed by atoms with Crippen molar-refractivity contribution in [3.8, 4) is 11.5 Å². The molecule has 123 valence electrons. The van der Waals surface area contributed by atoms with Crippen molar-refractivity contribution in [1.29, 1.82) is 0 Å². The molecule has 1 heterocycles. The Morgan fingerprint density at radius 1 is 1.21 bits per heavy atom. The number of hydrogen-bond donors (Lipinski definition) is 1. The van der Waals surface area contributed by atoms with Gasteiger partial charge in [0.1, 0.15) is 5.75 Å². The predicted molar refractivity (Wildman–Crippen MR) is 88.3 cm³/mol. The van der Waals surface area contributed by atoms with Crippen LogP contribution in [0.3, 0.4) is 0 Å². The maximum atomic E-state index is 13.2. The average Bonchev–Trinajstić information content (AvgIpc) is 3.28. The fourth-order valence-corrected chi connectivity index (χ4v) is 3.23. The van der Waals surface area contributed by atoms with Crippen LogP contribution >= 0.6 is 15.9 Å². The molecule has 0 atom stereocenters. The van der Waals surface area contributed by atoms with Crippen molar-refractivity contribution >= 4 is 26.8 Å². The quantitative estimate of drug-likeness (QED) is 0.544. The summed E-state index contributed by atoms with van der Waals surface area (Å²) in [5.74, 6) is 0.670. The highest BCUT2D eigenvalue weighted by Gasteiger charge is 2.35. The molecule has 0 bridgehead atoms. The summed E-state index contributed by atoms with van der Waals surface area (Å²) >= 11 is 3.12. The van der Waals surface area contributed by atoms with Gasteiger partial charge in [-0.05, 0) is 76.7 Å². The van der Waals surface area contributed by atoms with Crippen LogP contribution < -0.4 is 4.74 Å². The zero-order valence-electron chi connectivity index (χ0n) is 12.4. The van der Waals surface area contributed by atoms with Crippen molar-refractivity contribution in [2.24, 2.45) is 0 Å². The monoisotopic (exact) mass is 394 g/mol. The number of hydrogen-bond acceptors (Lipinski definition) is 1. The topological polar surface area (TPSA) is 25.0 Å². The predicted octanol–water partition coefficient (Wildman–Crippen LogP) is 6.42. The summed E-state index contributed by atoms with van der Waals surface area (Å²) in [5, 5.41) is 1.00. The summed E-state index contributed by atoms with van der Waals surface area (Å²) in [5.41, 5.74) is 1.31. The molecule has 1 aliphatic rings. The van der Waals surface area contributed by atoms with E-state index in [9.17, 15) is 13.2 Å². The molecule has 1 aromatic heterocycles. The van der Waals surface area contributed by atoms with E-state index < -0.39 is 11.7 Å². The number of ether oxygens (including phenoxy) is 1. The minimum absolute atomic E-state index is 0.217. The second kappa shape index (κ2) is 5.55. The van der Waals surface area contributed by atoms with E-state index in [0.717, 1.165) is 29.8 Å². The first kappa shape index (κ1) is 15.6. The first-order chi connectivity index (χ1) is 11.4. The Morgan fingerprint density at radius 2 is 2.00 bits per heavy atom. The Kier molecular flexibility index (Phi) is 3.60. The highest BCUT2D eigenvalue weighted by atomic mass is 79.9. The minimum atomic E-state index is -4.51. The second-order valence-electron chi connectivity index (χ2n) is 5.87. The van der Waals surface area contributed by atoms with Gasteiger partial charge in [-0.2, -0.15) is 13.2 Å². The fourth-order valence-electron chi connectivity index (χ4n) is 2.81. The Morgan fingerprint density at radius 3 is 2.71 bits per heavy atom. The van der Waals surface area contributed by atoms with E-state index in [0.29, 0.717) is 11.7 Å². The number of alkyl halides is 3. The molecule has 1 aliphatic carbocycles. The summed E-state index contributed by atoms with van der Waals surface area (Å²) in [7, 11) is 0. The van der Waals surface area contributed by atoms with Gasteiger partial charge in [-0.3, -0.25) is 0 Å². The summed E-state index contributed by atoms with van der Waals surface area (Å²) in [6, 6.07) is 10.1. The lowest BCUT2D eigenvalue weighted by Crippen LogP contribution is -2.07. The van der Waals surface area contributed by atoms with E-state index in [2.05, 4.69) is 27.0 Å². The van der Waals surface area contributed by atoms with Gasteiger partial charge in [0, 0.05) is 17.1 Å². The van der Waals surface area contributed by atoms with Crippen LogP contribution in [-0.2, 0) is 6.18 Å². The maximum Gasteiger partial charge on any atom is 0.420 e. The number of rotatable bonds is 3. The first-order valence-electron chi connectivity index (χ1n) is 7.49. The van der Waals surface area contributed by atoms with Gasteiger partial charge in [-0.1, -0.05) is 0 Å². The highest BCUT2D eigenvalue weighted by Crippen LogP contribution is 2.45. The van der Waals surface area contributed by atoms with Gasteiger partial charge in [0.05, 0.1) is 10.0 Å². The maximum absolute atomic E-state index is 13.2. The zero-order chi connectivity index (χ0) is 16.9. The van der Waals surface area contributed by atoms with Gasteiger partial charge < -0.3 is 9.72 Å². The van der Waals surface area contributed by atoms with E-state index in [1.165, 1.54) is 11.6 Å². The molecule has 1 N–H and O–H groups in total. The van der Waals surface area contributed by atoms with Crippen molar-refractivity contribution in [3.63, 3.8) is 0 Å². The zero-order valence-corrected chi connectivity index (χ0v) is 14.0. The van der Waals surface area contributed by atoms with Gasteiger partial charge >= 0.3 is 6.18 Å². The molecule has 0 aliphatic heterocycles. The lowest BCUT2D eigenvalue weighted by Gasteiger charge is -2.15. The summed E-state index contributed by atoms with van der Waals surface area (Å²) in [6.45, 7) is 0. The number of aromatic nitrogens is 1. The van der Waals surface area contributed by atoms with E-state index in [1.54, 1.807) is 12.1 Å². The summed E-state index contributed by atoms with van der Waals surface area (Å²) in [4.78, 5) is 3.20. The van der Waals surface area contributed by atoms with E-state index >= 15 is 0 Å². The lowest BCUT2D eigenvalue weighted by molar-refractivity contribution is -0.138. The third-order valence-corrected chi connectivity index (χ3v) is 4.72. The molecule has 4 rings (SSSR count). The largest absolute Gasteiger partial charge is 0.456 e. The Hall–Kier alpha value is -1.95. The molecule has 1 saturated carbocycles. The van der Waals surface area contributed by atoms with Crippen molar-refractivity contribution in [3.05, 3.63) is 58.2 Å². The van der Waals surface area contributed by atoms with Gasteiger partial charge in [-0.15, -0.1) is 0 Å². The van der Waals surface area contributed by atoms with Crippen LogP contribution in [0, 0.1) is 6.07 Å². The number of aromatic amines is 1. The molecule has 6 heteroatoms. The molecular weight excluding hydrogens is 383 g/mol. The van der Waals surface area contributed by atoms with E-state index in [-0.39, 0.29) is 10.2 Å². The van der Waals surface area contributed by atoms with Crippen LogP contribution in [0.25, 0.3) is 10.9 Å². The molecule has 3 aromatic rings. The third kappa shape index (κ3) is 2.79. The van der Waals surface area contributed by atoms with Gasteiger partial charge in [-0.25, -0.2) is 0 Å². The van der Waals surface area contributed by atoms with E-state index in [1.807, 2.05) is 12.3 Å². The number of H-pyrrole nitrogens is 1. The Labute approximate surface area is 144 Å². The normalized spacial score (nSPS) is 15.0. The Balaban J connectivity index is 1.76. The molecule has 24 heavy (non-hydrogen) atoms. The number of halogens is 4. The van der Waals surface area contributed by atoms with Crippen LogP contribution in [0.1, 0.15) is 29.9 Å². The molecule has 0 amide bonds. The number of benzene rings is 2. The van der Waals surface area contributed by atoms with Crippen LogP contribution in [-0.4, -0.2) is 4.98 Å². The molecule has 2 nitrogen and oxygen atoms in total. The first-order valence-corrected chi connectivity index (χ1v) is 8.28. The summed E-state index contributed by atoms with van der Waals surface area (Å²) in [6.07, 6.45) is -0.236. The molecule has 0 saturated heterocycles. The number of fused-ring (bicyclic) bond motifs is 1. The third-order valence-electron chi connectivity index (χ3n) is 4.13. The molecule has 0 spiro atoms. The van der Waals surface area contributed by atoms with Crippen molar-refractivity contribution in [2.45, 2.75) is 24.9 Å². The molecule has 2 aromatic carbocycles. The van der Waals surface area contributed by atoms with Gasteiger partial charge in [0.2, 0.25) is 0 Å². The van der Waals surface area contributed by atoms with Crippen LogP contribution in [0.4, 0.5) is 13.2 Å². The van der Waals surface area contributed by atoms with Crippen molar-refractivity contribution in [1.82, 2.24) is 4.98 Å². The standard InChI is InChI=1S/C18H12BrF3NO/c19-15-3-1-2-14(18(20,21)22)17(15)24-11-6-7-16-12(8-11)13(9-23-16)10-4-5-10/h2-3,6-10,23H,4-5H2. The van der Waals surface area contributed by atoms with Crippen LogP contribution in [0.5, 0.6) is 11.5 Å². The average molecular weight is 395 g/mol. The van der Waals surface area contributed by atoms with Crippen molar-refractivity contribution < 1.29 is 17.9 Å². The number of nitrogens with one attached hydrogen (secondary N) is 1. The van der Waals surface area contributed by atoms with E-state index in [4.69, 9.17) is 4.74 Å². The molecule has 1 radical (unpaired) electrons. The van der Waals surface area contributed by atoms with Crippen LogP contribution in [0.2, 0.25) is 0 Å². The fraction of sp³-hybridized carbons (Fsp3) is 0.222. The summed E-state index contributed by atoms with van der Waals surface area (Å²) < 4.78 is 45.4. The van der Waals surface area contributed by atoms with Crippen molar-refractivity contribution in [2.75, 3.05) is 0 Å². The van der Waals surface area contributed by atoms with Gasteiger partial charge in [0.15, 0.2) is 5.75 Å².